The Morgan fingerprint density at radius 1 is 1.00 bits per heavy atom. The molecule has 1 aliphatic rings. The molecular weight excluding hydrogens is 204 g/mol. The van der Waals surface area contributed by atoms with Gasteiger partial charge in [-0.3, -0.25) is 4.79 Å². The molecule has 0 spiro atoms. The molecule has 0 saturated heterocycles. The Morgan fingerprint density at radius 2 is 1.47 bits per heavy atom. The lowest BCUT2D eigenvalue weighted by atomic mass is 9.79. The van der Waals surface area contributed by atoms with E-state index in [1.54, 1.807) is 0 Å². The smallest absolute Gasteiger partial charge is 0.303 e. The highest BCUT2D eigenvalue weighted by molar-refractivity contribution is 5.66. The van der Waals surface area contributed by atoms with E-state index in [-0.39, 0.29) is 0 Å². The fourth-order valence-corrected chi connectivity index (χ4v) is 1.78. The summed E-state index contributed by atoms with van der Waals surface area (Å²) < 4.78 is 4.78. The van der Waals surface area contributed by atoms with Crippen molar-refractivity contribution in [3.63, 3.8) is 0 Å². The average Bonchev–Trinajstić information content (AvgIpc) is 2.18. The van der Waals surface area contributed by atoms with Crippen molar-refractivity contribution in [1.82, 2.24) is 0 Å². The highest BCUT2D eigenvalue weighted by atomic mass is 16.6. The van der Waals surface area contributed by atoms with Crippen LogP contribution >= 0.6 is 0 Å². The number of aliphatic hydroxyl groups excluding tert-OH is 4. The maximum atomic E-state index is 10.7. The molecule has 6 unspecified atom stereocenters. The van der Waals surface area contributed by atoms with Gasteiger partial charge in [0.05, 0.1) is 6.10 Å². The van der Waals surface area contributed by atoms with Crippen molar-refractivity contribution in [3.8, 4) is 0 Å². The number of rotatable bonds is 1. The van der Waals surface area contributed by atoms with E-state index in [4.69, 9.17) is 4.74 Å². The molecule has 0 heterocycles. The van der Waals surface area contributed by atoms with Gasteiger partial charge >= 0.3 is 5.97 Å². The zero-order chi connectivity index (χ0) is 11.7. The summed E-state index contributed by atoms with van der Waals surface area (Å²) in [6.45, 7) is 2.69. The zero-order valence-corrected chi connectivity index (χ0v) is 8.57. The lowest BCUT2D eigenvalue weighted by molar-refractivity contribution is -0.213. The Balaban J connectivity index is 2.81. The molecule has 1 saturated carbocycles. The van der Waals surface area contributed by atoms with Gasteiger partial charge in [-0.05, 0) is 0 Å². The summed E-state index contributed by atoms with van der Waals surface area (Å²) in [4.78, 5) is 10.7. The molecule has 0 aromatic heterocycles. The van der Waals surface area contributed by atoms with E-state index in [2.05, 4.69) is 0 Å². The largest absolute Gasteiger partial charge is 0.459 e. The van der Waals surface area contributed by atoms with Crippen molar-refractivity contribution in [3.05, 3.63) is 0 Å². The summed E-state index contributed by atoms with van der Waals surface area (Å²) in [6, 6.07) is 0. The first-order valence-corrected chi connectivity index (χ1v) is 4.75. The van der Waals surface area contributed by atoms with Crippen LogP contribution in [0.2, 0.25) is 0 Å². The van der Waals surface area contributed by atoms with Crippen LogP contribution in [0.15, 0.2) is 0 Å². The van der Waals surface area contributed by atoms with Gasteiger partial charge in [-0.1, -0.05) is 6.92 Å². The van der Waals surface area contributed by atoms with Gasteiger partial charge in [0.25, 0.3) is 0 Å². The van der Waals surface area contributed by atoms with Crippen molar-refractivity contribution < 1.29 is 30.0 Å². The molecule has 0 aliphatic heterocycles. The van der Waals surface area contributed by atoms with Crippen molar-refractivity contribution in [2.45, 2.75) is 44.4 Å². The van der Waals surface area contributed by atoms with Gasteiger partial charge in [-0.15, -0.1) is 0 Å². The van der Waals surface area contributed by atoms with Gasteiger partial charge in [0.1, 0.15) is 24.4 Å². The predicted molar refractivity (Wildman–Crippen MR) is 48.7 cm³/mol. The highest BCUT2D eigenvalue weighted by Crippen LogP contribution is 2.28. The number of hydrogen-bond acceptors (Lipinski definition) is 6. The Bertz CT molecular complexity index is 227. The van der Waals surface area contributed by atoms with E-state index in [1.165, 1.54) is 13.8 Å². The van der Waals surface area contributed by atoms with Gasteiger partial charge in [0, 0.05) is 12.8 Å². The minimum atomic E-state index is -1.51. The molecule has 6 atom stereocenters. The van der Waals surface area contributed by atoms with Crippen LogP contribution in [0.25, 0.3) is 0 Å². The molecule has 0 bridgehead atoms. The molecule has 0 aromatic rings. The first-order chi connectivity index (χ1) is 6.86. The normalized spacial score (nSPS) is 46.3. The molecule has 1 aliphatic carbocycles. The second kappa shape index (κ2) is 4.44. The second-order valence-corrected chi connectivity index (χ2v) is 3.90. The third-order valence-corrected chi connectivity index (χ3v) is 2.75. The van der Waals surface area contributed by atoms with Crippen LogP contribution in [0.3, 0.4) is 0 Å². The molecule has 1 rings (SSSR count). The van der Waals surface area contributed by atoms with E-state index in [0.29, 0.717) is 0 Å². The quantitative estimate of drug-likeness (QED) is 0.381. The van der Waals surface area contributed by atoms with Crippen LogP contribution in [0.1, 0.15) is 13.8 Å². The lowest BCUT2D eigenvalue weighted by Gasteiger charge is -2.41. The molecule has 0 radical (unpaired) electrons. The summed E-state index contributed by atoms with van der Waals surface area (Å²) in [5.74, 6) is -1.25. The Morgan fingerprint density at radius 3 is 1.93 bits per heavy atom. The monoisotopic (exact) mass is 220 g/mol. The maximum absolute atomic E-state index is 10.7. The fraction of sp³-hybridized carbons (Fsp3) is 0.889. The molecule has 88 valence electrons. The van der Waals surface area contributed by atoms with Gasteiger partial charge in [0.15, 0.2) is 0 Å². The van der Waals surface area contributed by atoms with Crippen LogP contribution in [-0.2, 0) is 9.53 Å². The average molecular weight is 220 g/mol. The Labute approximate surface area is 87.1 Å². The van der Waals surface area contributed by atoms with Gasteiger partial charge in [-0.25, -0.2) is 0 Å². The standard InChI is InChI=1S/C9H16O6/c1-3-5(11)6(12)7(13)8(14)9(3)15-4(2)10/h3,5-9,11-14H,1-2H3. The Kier molecular flexibility index (Phi) is 3.67. The minimum Gasteiger partial charge on any atom is -0.459 e. The second-order valence-electron chi connectivity index (χ2n) is 3.90. The first-order valence-electron chi connectivity index (χ1n) is 4.75. The van der Waals surface area contributed by atoms with Crippen molar-refractivity contribution in [2.75, 3.05) is 0 Å². The topological polar surface area (TPSA) is 107 Å². The summed E-state index contributed by atoms with van der Waals surface area (Å²) in [6.07, 6.45) is -6.56. The summed E-state index contributed by atoms with van der Waals surface area (Å²) >= 11 is 0. The van der Waals surface area contributed by atoms with Gasteiger partial charge < -0.3 is 25.2 Å². The highest BCUT2D eigenvalue weighted by Gasteiger charge is 2.48. The minimum absolute atomic E-state index is 0.610. The third kappa shape index (κ3) is 2.28. The van der Waals surface area contributed by atoms with E-state index in [1.807, 2.05) is 0 Å². The van der Waals surface area contributed by atoms with E-state index in [0.717, 1.165) is 0 Å². The number of ether oxygens (including phenoxy) is 1. The number of esters is 1. The maximum Gasteiger partial charge on any atom is 0.303 e. The summed E-state index contributed by atoms with van der Waals surface area (Å²) in [5, 5.41) is 37.8. The third-order valence-electron chi connectivity index (χ3n) is 2.75. The van der Waals surface area contributed by atoms with Gasteiger partial charge in [0.2, 0.25) is 0 Å². The van der Waals surface area contributed by atoms with Crippen LogP contribution in [0.5, 0.6) is 0 Å². The van der Waals surface area contributed by atoms with Crippen molar-refractivity contribution >= 4 is 5.97 Å². The van der Waals surface area contributed by atoms with E-state index < -0.39 is 42.4 Å². The van der Waals surface area contributed by atoms with E-state index in [9.17, 15) is 25.2 Å². The molecule has 0 aromatic carbocycles. The SMILES string of the molecule is CC(=O)OC1C(C)C(O)C(O)C(O)C1O. The molecule has 1 fully saturated rings. The van der Waals surface area contributed by atoms with E-state index >= 15 is 0 Å². The zero-order valence-electron chi connectivity index (χ0n) is 8.57. The van der Waals surface area contributed by atoms with Gasteiger partial charge in [-0.2, -0.15) is 0 Å². The molecule has 4 N–H and O–H groups in total. The van der Waals surface area contributed by atoms with Crippen molar-refractivity contribution in [1.29, 1.82) is 0 Å². The number of carbonyl (C=O) groups excluding carboxylic acids is 1. The van der Waals surface area contributed by atoms with Crippen molar-refractivity contribution in [2.24, 2.45) is 5.92 Å². The molecule has 0 amide bonds. The van der Waals surface area contributed by atoms with Crippen LogP contribution in [-0.4, -0.2) is 56.9 Å². The number of hydrogen-bond donors (Lipinski definition) is 4. The number of carbonyl (C=O) groups is 1. The predicted octanol–water partition coefficient (Wildman–Crippen LogP) is -1.99. The Hall–Kier alpha value is -0.690. The molecule has 6 heteroatoms. The molecule has 15 heavy (non-hydrogen) atoms. The summed E-state index contributed by atoms with van der Waals surface area (Å²) in [7, 11) is 0. The molecular formula is C9H16O6. The lowest BCUT2D eigenvalue weighted by Crippen LogP contribution is -2.61. The van der Waals surface area contributed by atoms with Crippen LogP contribution in [0, 0.1) is 5.92 Å². The number of aliphatic hydroxyl groups is 4. The first kappa shape index (κ1) is 12.4. The molecule has 6 nitrogen and oxygen atoms in total. The van der Waals surface area contributed by atoms with Crippen LogP contribution in [0.4, 0.5) is 0 Å². The van der Waals surface area contributed by atoms with Crippen LogP contribution < -0.4 is 0 Å². The summed E-state index contributed by atoms with van der Waals surface area (Å²) in [5.41, 5.74) is 0. The fourth-order valence-electron chi connectivity index (χ4n) is 1.78.